The number of nitrogens with zero attached hydrogens (tertiary/aromatic N) is 3. The Kier molecular flexibility index (Phi) is 5.17. The van der Waals surface area contributed by atoms with E-state index < -0.39 is 0 Å². The van der Waals surface area contributed by atoms with Crippen LogP contribution in [0.15, 0.2) is 51.4 Å². The molecule has 3 rings (SSSR count). The highest BCUT2D eigenvalue weighted by molar-refractivity contribution is 9.10. The average molecular weight is 396 g/mol. The van der Waals surface area contributed by atoms with E-state index in [9.17, 15) is 0 Å². The molecule has 0 spiro atoms. The summed E-state index contributed by atoms with van der Waals surface area (Å²) in [6.45, 7) is 0.627. The van der Waals surface area contributed by atoms with E-state index in [1.165, 1.54) is 0 Å². The van der Waals surface area contributed by atoms with Crippen molar-refractivity contribution in [2.24, 2.45) is 7.05 Å². The summed E-state index contributed by atoms with van der Waals surface area (Å²) in [5.41, 5.74) is 0. The summed E-state index contributed by atoms with van der Waals surface area (Å²) in [6.07, 6.45) is 0. The molecule has 22 heavy (non-hydrogen) atoms. The van der Waals surface area contributed by atoms with Gasteiger partial charge in [0.25, 0.3) is 0 Å². The Morgan fingerprint density at radius 1 is 1.27 bits per heavy atom. The number of ether oxygens (including phenoxy) is 1. The van der Waals surface area contributed by atoms with Crippen molar-refractivity contribution in [2.75, 3.05) is 12.4 Å². The van der Waals surface area contributed by atoms with Crippen LogP contribution in [0.2, 0.25) is 0 Å². The van der Waals surface area contributed by atoms with Crippen LogP contribution in [0.25, 0.3) is 10.7 Å². The van der Waals surface area contributed by atoms with Gasteiger partial charge in [-0.1, -0.05) is 39.8 Å². The second-order valence-corrected chi connectivity index (χ2v) is 7.42. The standard InChI is InChI=1S/C15H14BrN3OS2/c1-19-14(13-6-3-8-21-13)17-18-15(19)22-9-7-20-12-5-2-4-11(16)10-12/h2-6,8,10H,7,9H2,1H3. The molecule has 0 amide bonds. The molecule has 0 aliphatic heterocycles. The van der Waals surface area contributed by atoms with Gasteiger partial charge in [0.05, 0.1) is 11.5 Å². The lowest BCUT2D eigenvalue weighted by atomic mass is 10.3. The van der Waals surface area contributed by atoms with Crippen molar-refractivity contribution in [3.05, 3.63) is 46.3 Å². The largest absolute Gasteiger partial charge is 0.493 e. The molecule has 0 N–H and O–H groups in total. The van der Waals surface area contributed by atoms with Gasteiger partial charge in [0, 0.05) is 17.3 Å². The summed E-state index contributed by atoms with van der Waals surface area (Å²) in [5.74, 6) is 2.60. The summed E-state index contributed by atoms with van der Waals surface area (Å²) < 4.78 is 8.76. The molecule has 0 saturated heterocycles. The van der Waals surface area contributed by atoms with Gasteiger partial charge in [0.15, 0.2) is 11.0 Å². The van der Waals surface area contributed by atoms with Crippen molar-refractivity contribution in [1.82, 2.24) is 14.8 Å². The van der Waals surface area contributed by atoms with E-state index in [1.54, 1.807) is 23.1 Å². The smallest absolute Gasteiger partial charge is 0.191 e. The van der Waals surface area contributed by atoms with Crippen LogP contribution in [0.3, 0.4) is 0 Å². The summed E-state index contributed by atoms with van der Waals surface area (Å²) in [4.78, 5) is 1.13. The van der Waals surface area contributed by atoms with Crippen LogP contribution in [0.1, 0.15) is 0 Å². The lowest BCUT2D eigenvalue weighted by Gasteiger charge is -2.06. The Morgan fingerprint density at radius 2 is 2.18 bits per heavy atom. The van der Waals surface area contributed by atoms with Crippen molar-refractivity contribution in [2.45, 2.75) is 5.16 Å². The molecule has 0 aliphatic carbocycles. The van der Waals surface area contributed by atoms with Crippen LogP contribution < -0.4 is 4.74 Å². The van der Waals surface area contributed by atoms with Crippen LogP contribution in [0.5, 0.6) is 5.75 Å². The number of hydrogen-bond donors (Lipinski definition) is 0. The Bertz CT molecular complexity index is 743. The van der Waals surface area contributed by atoms with Crippen molar-refractivity contribution in [3.8, 4) is 16.5 Å². The first-order valence-corrected chi connectivity index (χ1v) is 9.34. The molecular formula is C15H14BrN3OS2. The molecule has 0 aliphatic rings. The Balaban J connectivity index is 1.54. The first-order chi connectivity index (χ1) is 10.7. The minimum Gasteiger partial charge on any atom is -0.493 e. The van der Waals surface area contributed by atoms with Gasteiger partial charge in [-0.25, -0.2) is 0 Å². The molecule has 0 atom stereocenters. The van der Waals surface area contributed by atoms with Crippen molar-refractivity contribution in [3.63, 3.8) is 0 Å². The van der Waals surface area contributed by atoms with E-state index in [2.05, 4.69) is 32.2 Å². The van der Waals surface area contributed by atoms with Crippen LogP contribution in [-0.2, 0) is 7.05 Å². The number of hydrogen-bond acceptors (Lipinski definition) is 5. The van der Waals surface area contributed by atoms with E-state index in [4.69, 9.17) is 4.74 Å². The highest BCUT2D eigenvalue weighted by atomic mass is 79.9. The van der Waals surface area contributed by atoms with Gasteiger partial charge in [-0.2, -0.15) is 0 Å². The van der Waals surface area contributed by atoms with Crippen LogP contribution >= 0.6 is 39.0 Å². The quantitative estimate of drug-likeness (QED) is 0.455. The maximum Gasteiger partial charge on any atom is 0.191 e. The maximum atomic E-state index is 5.72. The highest BCUT2D eigenvalue weighted by Crippen LogP contribution is 2.26. The molecule has 0 unspecified atom stereocenters. The Hall–Kier alpha value is -1.31. The lowest BCUT2D eigenvalue weighted by molar-refractivity contribution is 0.343. The monoisotopic (exact) mass is 395 g/mol. The van der Waals surface area contributed by atoms with Crippen molar-refractivity contribution < 1.29 is 4.74 Å². The molecule has 0 fully saturated rings. The molecule has 3 aromatic rings. The number of aromatic nitrogens is 3. The molecule has 2 aromatic heterocycles. The minimum absolute atomic E-state index is 0.627. The van der Waals surface area contributed by atoms with Crippen LogP contribution in [0, 0.1) is 0 Å². The van der Waals surface area contributed by atoms with Crippen LogP contribution in [0.4, 0.5) is 0 Å². The summed E-state index contributed by atoms with van der Waals surface area (Å²) in [7, 11) is 1.99. The van der Waals surface area contributed by atoms with E-state index >= 15 is 0 Å². The SMILES string of the molecule is Cn1c(SCCOc2cccc(Br)c2)nnc1-c1cccs1. The van der Waals surface area contributed by atoms with E-state index in [0.717, 1.165) is 31.8 Å². The fourth-order valence-corrected chi connectivity index (χ4v) is 3.76. The van der Waals surface area contributed by atoms with Gasteiger partial charge in [-0.05, 0) is 29.6 Å². The summed E-state index contributed by atoms with van der Waals surface area (Å²) in [6, 6.07) is 11.9. The van der Waals surface area contributed by atoms with Gasteiger partial charge >= 0.3 is 0 Å². The number of benzene rings is 1. The molecule has 7 heteroatoms. The molecular weight excluding hydrogens is 382 g/mol. The molecule has 0 radical (unpaired) electrons. The molecule has 0 saturated carbocycles. The van der Waals surface area contributed by atoms with E-state index in [-0.39, 0.29) is 0 Å². The predicted octanol–water partition coefficient (Wildman–Crippen LogP) is 4.48. The predicted molar refractivity (Wildman–Crippen MR) is 94.7 cm³/mol. The number of thiophene rings is 1. The van der Waals surface area contributed by atoms with Crippen molar-refractivity contribution in [1.29, 1.82) is 0 Å². The summed E-state index contributed by atoms with van der Waals surface area (Å²) in [5, 5.41) is 11.5. The second-order valence-electron chi connectivity index (χ2n) is 4.50. The van der Waals surface area contributed by atoms with Gasteiger partial charge in [0.1, 0.15) is 5.75 Å². The normalized spacial score (nSPS) is 10.8. The maximum absolute atomic E-state index is 5.72. The highest BCUT2D eigenvalue weighted by Gasteiger charge is 2.11. The first kappa shape index (κ1) is 15.6. The lowest BCUT2D eigenvalue weighted by Crippen LogP contribution is -2.01. The molecule has 114 valence electrons. The van der Waals surface area contributed by atoms with Crippen molar-refractivity contribution >= 4 is 39.0 Å². The fraction of sp³-hybridized carbons (Fsp3) is 0.200. The minimum atomic E-state index is 0.627. The first-order valence-electron chi connectivity index (χ1n) is 6.68. The van der Waals surface area contributed by atoms with E-state index in [0.29, 0.717) is 6.61 Å². The molecule has 2 heterocycles. The number of halogens is 1. The van der Waals surface area contributed by atoms with Gasteiger partial charge in [-0.15, -0.1) is 21.5 Å². The second kappa shape index (κ2) is 7.30. The average Bonchev–Trinajstić information content (AvgIpc) is 3.14. The zero-order chi connectivity index (χ0) is 15.4. The zero-order valence-electron chi connectivity index (χ0n) is 11.9. The number of thioether (sulfide) groups is 1. The molecule has 0 bridgehead atoms. The third kappa shape index (κ3) is 3.71. The summed E-state index contributed by atoms with van der Waals surface area (Å²) >= 11 is 6.75. The molecule has 1 aromatic carbocycles. The third-order valence-corrected chi connectivity index (χ3v) is 5.30. The zero-order valence-corrected chi connectivity index (χ0v) is 15.1. The molecule has 4 nitrogen and oxygen atoms in total. The van der Waals surface area contributed by atoms with Crippen LogP contribution in [-0.4, -0.2) is 27.1 Å². The van der Waals surface area contributed by atoms with E-state index in [1.807, 2.05) is 47.3 Å². The fourth-order valence-electron chi connectivity index (χ4n) is 1.91. The number of rotatable bonds is 6. The topological polar surface area (TPSA) is 39.9 Å². The third-order valence-electron chi connectivity index (χ3n) is 2.96. The Labute approximate surface area is 145 Å². The van der Waals surface area contributed by atoms with Gasteiger partial charge in [0.2, 0.25) is 0 Å². The van der Waals surface area contributed by atoms with Gasteiger partial charge < -0.3 is 9.30 Å². The van der Waals surface area contributed by atoms with Gasteiger partial charge in [-0.3, -0.25) is 0 Å². The Morgan fingerprint density at radius 3 is 2.95 bits per heavy atom.